The molecular weight excluding hydrogens is 366 g/mol. The highest BCUT2D eigenvalue weighted by Gasteiger charge is 2.01. The van der Waals surface area contributed by atoms with E-state index in [1.165, 1.54) is 16.3 Å². The topological polar surface area (TPSA) is 36.5 Å². The highest BCUT2D eigenvalue weighted by molar-refractivity contribution is 7.80. The van der Waals surface area contributed by atoms with Crippen LogP contribution in [0.4, 0.5) is 5.69 Å². The predicted molar refractivity (Wildman–Crippen MR) is 122 cm³/mol. The van der Waals surface area contributed by atoms with Gasteiger partial charge in [0, 0.05) is 25.3 Å². The second kappa shape index (κ2) is 10.8. The van der Waals surface area contributed by atoms with Crippen molar-refractivity contribution in [2.24, 2.45) is 0 Å². The minimum absolute atomic E-state index is 0.611. The van der Waals surface area contributed by atoms with Crippen LogP contribution >= 0.6 is 12.2 Å². The Morgan fingerprint density at radius 2 is 1.68 bits per heavy atom. The molecule has 0 bridgehead atoms. The molecule has 4 nitrogen and oxygen atoms in total. The highest BCUT2D eigenvalue weighted by atomic mass is 32.1. The third-order valence-corrected chi connectivity index (χ3v) is 4.70. The van der Waals surface area contributed by atoms with Crippen LogP contribution in [0.2, 0.25) is 0 Å². The Hall–Kier alpha value is -2.47. The van der Waals surface area contributed by atoms with Gasteiger partial charge in [0.15, 0.2) is 5.11 Å². The lowest BCUT2D eigenvalue weighted by molar-refractivity contribution is 0.114. The molecule has 0 aliphatic heterocycles. The quantitative estimate of drug-likeness (QED) is 0.419. The Bertz CT molecular complexity index is 885. The summed E-state index contributed by atoms with van der Waals surface area (Å²) in [7, 11) is 2.11. The first-order chi connectivity index (χ1) is 13.7. The molecule has 5 heteroatoms. The number of rotatable bonds is 9. The van der Waals surface area contributed by atoms with E-state index in [9.17, 15) is 0 Å². The third kappa shape index (κ3) is 6.60. The van der Waals surface area contributed by atoms with E-state index < -0.39 is 0 Å². The lowest BCUT2D eigenvalue weighted by Gasteiger charge is -2.17. The van der Waals surface area contributed by atoms with E-state index in [-0.39, 0.29) is 0 Å². The number of nitrogens with zero attached hydrogens (tertiary/aromatic N) is 1. The summed E-state index contributed by atoms with van der Waals surface area (Å²) in [5, 5.41) is 9.44. The highest BCUT2D eigenvalue weighted by Crippen LogP contribution is 2.18. The van der Waals surface area contributed by atoms with Crippen LogP contribution in [0.1, 0.15) is 5.56 Å². The fraction of sp³-hybridized carbons (Fsp3) is 0.261. The third-order valence-electron chi connectivity index (χ3n) is 4.45. The van der Waals surface area contributed by atoms with Crippen molar-refractivity contribution in [3.63, 3.8) is 0 Å². The van der Waals surface area contributed by atoms with Crippen molar-refractivity contribution in [2.75, 3.05) is 38.7 Å². The maximum Gasteiger partial charge on any atom is 0.170 e. The van der Waals surface area contributed by atoms with E-state index in [2.05, 4.69) is 71.1 Å². The van der Waals surface area contributed by atoms with E-state index in [0.717, 1.165) is 18.8 Å². The Labute approximate surface area is 172 Å². The maximum atomic E-state index is 5.71. The molecule has 0 heterocycles. The van der Waals surface area contributed by atoms with Gasteiger partial charge < -0.3 is 15.4 Å². The van der Waals surface area contributed by atoms with Gasteiger partial charge >= 0.3 is 0 Å². The van der Waals surface area contributed by atoms with Crippen molar-refractivity contribution in [3.8, 4) is 0 Å². The molecule has 0 aliphatic carbocycles. The molecule has 0 saturated heterocycles. The molecular formula is C23H27N3OS. The normalized spacial score (nSPS) is 10.9. The lowest BCUT2D eigenvalue weighted by Crippen LogP contribution is -2.32. The summed E-state index contributed by atoms with van der Waals surface area (Å²) >= 11 is 5.37. The van der Waals surface area contributed by atoms with Crippen molar-refractivity contribution in [1.82, 2.24) is 10.2 Å². The number of likely N-dealkylation sites (N-methyl/N-ethyl adjacent to an activating group) is 1. The molecule has 3 aromatic carbocycles. The van der Waals surface area contributed by atoms with Gasteiger partial charge in [0.25, 0.3) is 0 Å². The van der Waals surface area contributed by atoms with Gasteiger partial charge in [-0.3, -0.25) is 4.90 Å². The second-order valence-corrected chi connectivity index (χ2v) is 7.19. The predicted octanol–water partition coefficient (Wildman–Crippen LogP) is 4.27. The van der Waals surface area contributed by atoms with Gasteiger partial charge in [0.2, 0.25) is 0 Å². The van der Waals surface area contributed by atoms with Crippen molar-refractivity contribution >= 4 is 33.8 Å². The van der Waals surface area contributed by atoms with Crippen LogP contribution in [0.15, 0.2) is 72.8 Å². The molecule has 0 aliphatic rings. The molecule has 0 aromatic heterocycles. The van der Waals surface area contributed by atoms with Crippen LogP contribution in [-0.2, 0) is 11.3 Å². The van der Waals surface area contributed by atoms with Crippen molar-refractivity contribution < 1.29 is 4.74 Å². The molecule has 0 atom stereocenters. The van der Waals surface area contributed by atoms with Gasteiger partial charge in [0.05, 0.1) is 13.2 Å². The largest absolute Gasteiger partial charge is 0.378 e. The Morgan fingerprint density at radius 1 is 0.929 bits per heavy atom. The first kappa shape index (κ1) is 20.3. The van der Waals surface area contributed by atoms with Crippen LogP contribution in [-0.4, -0.2) is 43.4 Å². The van der Waals surface area contributed by atoms with E-state index in [1.807, 2.05) is 24.3 Å². The summed E-state index contributed by atoms with van der Waals surface area (Å²) in [6.45, 7) is 3.84. The van der Waals surface area contributed by atoms with E-state index in [0.29, 0.717) is 24.9 Å². The fourth-order valence-electron chi connectivity index (χ4n) is 2.98. The van der Waals surface area contributed by atoms with E-state index >= 15 is 0 Å². The standard InChI is InChI=1S/C23H27N3OS/c1-26(18-19-7-3-2-4-8-19)14-16-27-15-13-24-23(28)25-22-12-11-20-9-5-6-10-21(20)17-22/h2-12,17H,13-16,18H2,1H3,(H2,24,25,28). The van der Waals surface area contributed by atoms with Gasteiger partial charge in [-0.15, -0.1) is 0 Å². The van der Waals surface area contributed by atoms with Crippen LogP contribution in [0, 0.1) is 0 Å². The summed E-state index contributed by atoms with van der Waals surface area (Å²) < 4.78 is 5.71. The number of anilines is 1. The van der Waals surface area contributed by atoms with E-state index in [1.54, 1.807) is 0 Å². The first-order valence-corrected chi connectivity index (χ1v) is 9.95. The summed E-state index contributed by atoms with van der Waals surface area (Å²) in [6, 6.07) is 25.0. The average Bonchev–Trinajstić information content (AvgIpc) is 2.71. The summed E-state index contributed by atoms with van der Waals surface area (Å²) in [4.78, 5) is 2.26. The van der Waals surface area contributed by atoms with Gasteiger partial charge in [-0.2, -0.15) is 0 Å². The second-order valence-electron chi connectivity index (χ2n) is 6.78. The van der Waals surface area contributed by atoms with Crippen LogP contribution in [0.3, 0.4) is 0 Å². The molecule has 0 saturated carbocycles. The molecule has 146 valence electrons. The van der Waals surface area contributed by atoms with Gasteiger partial charge in [-0.05, 0) is 47.7 Å². The van der Waals surface area contributed by atoms with Crippen molar-refractivity contribution in [2.45, 2.75) is 6.54 Å². The van der Waals surface area contributed by atoms with Gasteiger partial charge in [-0.25, -0.2) is 0 Å². The number of nitrogens with one attached hydrogen (secondary N) is 2. The van der Waals surface area contributed by atoms with Crippen LogP contribution in [0.25, 0.3) is 10.8 Å². The van der Waals surface area contributed by atoms with E-state index in [4.69, 9.17) is 17.0 Å². The summed E-state index contributed by atoms with van der Waals surface area (Å²) in [6.07, 6.45) is 0. The zero-order valence-electron chi connectivity index (χ0n) is 16.2. The SMILES string of the molecule is CN(CCOCCNC(=S)Nc1ccc2ccccc2c1)Cc1ccccc1. The lowest BCUT2D eigenvalue weighted by atomic mass is 10.1. The Balaban J connectivity index is 1.29. The molecule has 0 unspecified atom stereocenters. The minimum atomic E-state index is 0.611. The Morgan fingerprint density at radius 3 is 2.50 bits per heavy atom. The molecule has 0 radical (unpaired) electrons. The molecule has 28 heavy (non-hydrogen) atoms. The number of thiocarbonyl (C=S) groups is 1. The minimum Gasteiger partial charge on any atom is -0.378 e. The maximum absolute atomic E-state index is 5.71. The number of hydrogen-bond acceptors (Lipinski definition) is 3. The van der Waals surface area contributed by atoms with Gasteiger partial charge in [0.1, 0.15) is 0 Å². The molecule has 3 rings (SSSR count). The smallest absolute Gasteiger partial charge is 0.170 e. The van der Waals surface area contributed by atoms with Crippen LogP contribution < -0.4 is 10.6 Å². The fourth-order valence-corrected chi connectivity index (χ4v) is 3.20. The molecule has 3 aromatic rings. The summed E-state index contributed by atoms with van der Waals surface area (Å²) in [5.74, 6) is 0. The number of fused-ring (bicyclic) bond motifs is 1. The number of benzene rings is 3. The van der Waals surface area contributed by atoms with Crippen LogP contribution in [0.5, 0.6) is 0 Å². The molecule has 2 N–H and O–H groups in total. The molecule has 0 spiro atoms. The number of hydrogen-bond donors (Lipinski definition) is 2. The average molecular weight is 394 g/mol. The zero-order chi connectivity index (χ0) is 19.6. The number of ether oxygens (including phenoxy) is 1. The van der Waals surface area contributed by atoms with Gasteiger partial charge in [-0.1, -0.05) is 60.7 Å². The zero-order valence-corrected chi connectivity index (χ0v) is 17.0. The molecule has 0 fully saturated rings. The van der Waals surface area contributed by atoms with Crippen molar-refractivity contribution in [3.05, 3.63) is 78.4 Å². The first-order valence-electron chi connectivity index (χ1n) is 9.54. The van der Waals surface area contributed by atoms with Crippen molar-refractivity contribution in [1.29, 1.82) is 0 Å². The Kier molecular flexibility index (Phi) is 7.79. The monoisotopic (exact) mass is 393 g/mol. The molecule has 0 amide bonds. The summed E-state index contributed by atoms with van der Waals surface area (Å²) in [5.41, 5.74) is 2.30.